The summed E-state index contributed by atoms with van der Waals surface area (Å²) in [4.78, 5) is 25.9. The first kappa shape index (κ1) is 49.6. The molecule has 0 unspecified atom stereocenters. The number of methoxy groups -OCH3 is 2. The summed E-state index contributed by atoms with van der Waals surface area (Å²) in [6.07, 6.45) is 38.7. The first-order chi connectivity index (χ1) is 27.9. The Balaban J connectivity index is 0.00000362. The molecule has 0 atom stereocenters. The third kappa shape index (κ3) is 20.6. The van der Waals surface area contributed by atoms with E-state index >= 15 is 0 Å². The Labute approximate surface area is 357 Å². The molecule has 0 aliphatic heterocycles. The Kier molecular flexibility index (Phi) is 28.2. The van der Waals surface area contributed by atoms with E-state index in [-0.39, 0.29) is 23.1 Å². The van der Waals surface area contributed by atoms with Crippen LogP contribution >= 0.6 is 0 Å². The summed E-state index contributed by atoms with van der Waals surface area (Å²) in [5.41, 5.74) is 2.22. The van der Waals surface area contributed by atoms with Gasteiger partial charge in [0.2, 0.25) is 11.6 Å². The molecule has 0 radical (unpaired) electrons. The van der Waals surface area contributed by atoms with Crippen molar-refractivity contribution >= 4 is 22.9 Å². The molecule has 57 heavy (non-hydrogen) atoms. The van der Waals surface area contributed by atoms with Gasteiger partial charge in [-0.2, -0.15) is 0 Å². The first-order valence-corrected chi connectivity index (χ1v) is 24.6. The minimum atomic E-state index is -2.51. The van der Waals surface area contributed by atoms with Crippen molar-refractivity contribution in [3.63, 3.8) is 0 Å². The zero-order chi connectivity index (χ0) is 41.4. The number of hydrogen-bond acceptors (Lipinski definition) is 10. The number of carbonyl (C=O) groups is 2. The molecule has 2 aliphatic rings. The molecule has 1 aromatic rings. The summed E-state index contributed by atoms with van der Waals surface area (Å²) in [7, 11) is 2.97. The maximum atomic E-state index is 12.9. The van der Waals surface area contributed by atoms with E-state index in [4.69, 9.17) is 23.4 Å². The topological polar surface area (TPSA) is 129 Å². The number of allylic oxidation sites excluding steroid dienone is 8. The average molecular weight is 1020 g/mol. The van der Waals surface area contributed by atoms with Crippen LogP contribution in [0.5, 0.6) is 11.5 Å². The van der Waals surface area contributed by atoms with Crippen LogP contribution in [0.3, 0.4) is 0 Å². The van der Waals surface area contributed by atoms with Gasteiger partial charge in [0.15, 0.2) is 23.0 Å². The van der Waals surface area contributed by atoms with Gasteiger partial charge in [-0.25, -0.2) is 0 Å². The first-order valence-electron chi connectivity index (χ1n) is 21.2. The maximum absolute atomic E-state index is 12.9. The van der Waals surface area contributed by atoms with Gasteiger partial charge in [0, 0.05) is 35.7 Å². The molecule has 0 spiro atoms. The van der Waals surface area contributed by atoms with Crippen LogP contribution in [-0.2, 0) is 23.5 Å². The summed E-state index contributed by atoms with van der Waals surface area (Å²) in [5.74, 6) is 1.39. The summed E-state index contributed by atoms with van der Waals surface area (Å²) in [6, 6.07) is 3.82. The van der Waals surface area contributed by atoms with Crippen LogP contribution < -0.4 is 20.1 Å². The van der Waals surface area contributed by atoms with Crippen LogP contribution in [0.15, 0.2) is 83.7 Å². The van der Waals surface area contributed by atoms with Crippen molar-refractivity contribution in [2.45, 2.75) is 142 Å². The molecule has 0 bridgehead atoms. The molecule has 0 heterocycles. The van der Waals surface area contributed by atoms with Crippen molar-refractivity contribution in [1.82, 2.24) is 0 Å². The van der Waals surface area contributed by atoms with Gasteiger partial charge in [0.1, 0.15) is 0 Å². The fraction of sp³-hybridized carbons (Fsp3) is 0.565. The molecular formula is C46H68N2O8U. The van der Waals surface area contributed by atoms with Crippen molar-refractivity contribution in [2.24, 2.45) is 0 Å². The van der Waals surface area contributed by atoms with Crippen molar-refractivity contribution in [2.75, 3.05) is 38.1 Å². The molecule has 0 saturated heterocycles. The molecule has 0 saturated carbocycles. The molecule has 0 amide bonds. The standard InChI is InChI=1S/C46H68N2O6.2O.U/c1-5-7-9-11-13-15-17-19-21-23-31-53-43-33-39(47-35-37-27-25-29-41(51-3)45(37)49)40(48-36-38-28-26-30-42(52-4)46(38)50)34-44(43)54-32-24-22-20-18-16-14-12-10-8-6-2;;;/h25-30,33-36,47-48H,5-24,31-32H2,1-4H3;;;/b37-35-,38-36-;;;. The number of hydrogen-bond donors (Lipinski definition) is 2. The number of ketones is 2. The average Bonchev–Trinajstić information content (AvgIpc) is 3.22. The van der Waals surface area contributed by atoms with Crippen LogP contribution in [0.1, 0.15) is 142 Å². The monoisotopic (exact) mass is 1010 g/mol. The van der Waals surface area contributed by atoms with Gasteiger partial charge in [-0.15, -0.1) is 0 Å². The van der Waals surface area contributed by atoms with Gasteiger partial charge in [-0.3, -0.25) is 9.59 Å². The van der Waals surface area contributed by atoms with Gasteiger partial charge in [0.05, 0.1) is 38.8 Å². The SMILES string of the molecule is CCCCCCCCCCCCOc1cc(N/C=C2/C=CC=C(OC)C2=O)c(N/C=C2/C=CC=C(OC)C2=O)cc1OCCCCCCCCCCCC.[O]=[U]=[O]. The Morgan fingerprint density at radius 2 is 0.842 bits per heavy atom. The van der Waals surface area contributed by atoms with Crippen molar-refractivity contribution < 1.29 is 60.8 Å². The normalized spacial score (nSPS) is 14.7. The molecule has 2 aliphatic carbocycles. The van der Waals surface area contributed by atoms with Gasteiger partial charge < -0.3 is 29.6 Å². The van der Waals surface area contributed by atoms with Crippen molar-refractivity contribution in [3.8, 4) is 11.5 Å². The second-order valence-corrected chi connectivity index (χ2v) is 15.0. The quantitative estimate of drug-likeness (QED) is 0.0568. The van der Waals surface area contributed by atoms with Crippen LogP contribution in [0.4, 0.5) is 11.4 Å². The van der Waals surface area contributed by atoms with Crippen molar-refractivity contribution in [3.05, 3.63) is 83.7 Å². The third-order valence-electron chi connectivity index (χ3n) is 9.82. The molecule has 11 heteroatoms. The van der Waals surface area contributed by atoms with Crippen LogP contribution in [0, 0.1) is 27.8 Å². The van der Waals surface area contributed by atoms with E-state index in [1.54, 1.807) is 48.9 Å². The van der Waals surface area contributed by atoms with E-state index < -0.39 is 27.8 Å². The number of rotatable bonds is 30. The molecule has 3 rings (SSSR count). The van der Waals surface area contributed by atoms with E-state index in [1.807, 2.05) is 12.1 Å². The minimum absolute atomic E-state index is 0.213. The Hall–Kier alpha value is -3.55. The number of benzene rings is 1. The molecule has 1 aromatic carbocycles. The summed E-state index contributed by atoms with van der Waals surface area (Å²) in [6.45, 7) is 5.68. The van der Waals surface area contributed by atoms with E-state index in [0.29, 0.717) is 47.2 Å². The van der Waals surface area contributed by atoms with Gasteiger partial charge in [-0.1, -0.05) is 142 Å². The number of Topliss-reactive ketones (excluding diaryl/α,β-unsaturated/α-hetero) is 2. The second-order valence-electron chi connectivity index (χ2n) is 14.3. The zero-order valence-electron chi connectivity index (χ0n) is 35.1. The predicted octanol–water partition coefficient (Wildman–Crippen LogP) is 12.0. The molecule has 314 valence electrons. The fourth-order valence-corrected chi connectivity index (χ4v) is 6.49. The van der Waals surface area contributed by atoms with E-state index in [2.05, 4.69) is 24.5 Å². The second kappa shape index (κ2) is 32.4. The Bertz CT molecular complexity index is 1460. The van der Waals surface area contributed by atoms with Crippen molar-refractivity contribution in [1.29, 1.82) is 0 Å². The van der Waals surface area contributed by atoms with E-state index in [9.17, 15) is 9.59 Å². The molecule has 10 nitrogen and oxygen atoms in total. The molecule has 2 N–H and O–H groups in total. The van der Waals surface area contributed by atoms with Gasteiger partial charge in [-0.05, 0) is 37.1 Å². The molecule has 0 fully saturated rings. The van der Waals surface area contributed by atoms with E-state index in [1.165, 1.54) is 117 Å². The number of nitrogens with one attached hydrogen (secondary N) is 2. The number of anilines is 2. The summed E-state index contributed by atoms with van der Waals surface area (Å²) >= 11 is -2.51. The predicted molar refractivity (Wildman–Crippen MR) is 224 cm³/mol. The van der Waals surface area contributed by atoms with Crippen LogP contribution in [0.2, 0.25) is 0 Å². The van der Waals surface area contributed by atoms with Gasteiger partial charge in [0.25, 0.3) is 0 Å². The summed E-state index contributed by atoms with van der Waals surface area (Å²) in [5, 5.41) is 6.63. The number of ether oxygens (including phenoxy) is 4. The fourth-order valence-electron chi connectivity index (χ4n) is 6.49. The third-order valence-corrected chi connectivity index (χ3v) is 9.82. The summed E-state index contributed by atoms with van der Waals surface area (Å²) < 4.78 is 40.5. The zero-order valence-corrected chi connectivity index (χ0v) is 39.3. The van der Waals surface area contributed by atoms with Gasteiger partial charge >= 0.3 is 32.3 Å². The number of unbranched alkanes of at least 4 members (excludes halogenated alkanes) is 18. The van der Waals surface area contributed by atoms with Crippen LogP contribution in [0.25, 0.3) is 0 Å². The Morgan fingerprint density at radius 3 is 1.16 bits per heavy atom. The number of carbonyl (C=O) groups excluding carboxylic acids is 2. The van der Waals surface area contributed by atoms with Crippen LogP contribution in [-0.4, -0.2) is 39.0 Å². The Morgan fingerprint density at radius 1 is 0.526 bits per heavy atom. The molecular weight excluding hydrogens is 947 g/mol. The molecule has 0 aromatic heterocycles. The van der Waals surface area contributed by atoms with E-state index in [0.717, 1.165) is 25.7 Å².